The smallest absolute Gasteiger partial charge is 0.263 e. The molecule has 1 aromatic carbocycles. The first-order valence-corrected chi connectivity index (χ1v) is 7.23. The second-order valence-corrected chi connectivity index (χ2v) is 5.77. The van der Waals surface area contributed by atoms with Crippen molar-refractivity contribution in [2.45, 2.75) is 13.8 Å². The van der Waals surface area contributed by atoms with Gasteiger partial charge < -0.3 is 10.1 Å². The third-order valence-electron chi connectivity index (χ3n) is 2.56. The van der Waals surface area contributed by atoms with Crippen LogP contribution in [0.1, 0.15) is 11.1 Å². The van der Waals surface area contributed by atoms with Gasteiger partial charge in [-0.15, -0.1) is 0 Å². The van der Waals surface area contributed by atoms with Gasteiger partial charge in [-0.3, -0.25) is 4.79 Å². The SMILES string of the molecule is Cc1cc(C)cc(OCC(=O)Nc2ccc(I)cn2)c1. The number of hydrogen-bond acceptors (Lipinski definition) is 3. The summed E-state index contributed by atoms with van der Waals surface area (Å²) < 4.78 is 6.50. The molecule has 0 aliphatic carbocycles. The molecule has 0 atom stereocenters. The molecule has 5 heteroatoms. The number of rotatable bonds is 4. The predicted molar refractivity (Wildman–Crippen MR) is 87.0 cm³/mol. The fourth-order valence-corrected chi connectivity index (χ4v) is 2.11. The zero-order valence-electron chi connectivity index (χ0n) is 11.3. The Hall–Kier alpha value is -1.63. The molecule has 4 nitrogen and oxygen atoms in total. The minimum Gasteiger partial charge on any atom is -0.484 e. The van der Waals surface area contributed by atoms with Crippen LogP contribution in [0.2, 0.25) is 0 Å². The molecule has 0 spiro atoms. The van der Waals surface area contributed by atoms with Crippen molar-refractivity contribution in [1.29, 1.82) is 0 Å². The lowest BCUT2D eigenvalue weighted by Gasteiger charge is -2.08. The van der Waals surface area contributed by atoms with Crippen LogP contribution in [0.25, 0.3) is 0 Å². The van der Waals surface area contributed by atoms with Crippen molar-refractivity contribution in [2.24, 2.45) is 0 Å². The number of halogens is 1. The van der Waals surface area contributed by atoms with Crippen LogP contribution in [0.15, 0.2) is 36.5 Å². The molecule has 0 saturated carbocycles. The summed E-state index contributed by atoms with van der Waals surface area (Å²) in [5.41, 5.74) is 2.22. The molecule has 0 saturated heterocycles. The monoisotopic (exact) mass is 382 g/mol. The van der Waals surface area contributed by atoms with Crippen LogP contribution in [-0.2, 0) is 4.79 Å². The van der Waals surface area contributed by atoms with Crippen LogP contribution < -0.4 is 10.1 Å². The zero-order valence-corrected chi connectivity index (χ0v) is 13.5. The number of carbonyl (C=O) groups excluding carboxylic acids is 1. The molecule has 0 fully saturated rings. The van der Waals surface area contributed by atoms with Crippen molar-refractivity contribution in [3.63, 3.8) is 0 Å². The number of nitrogens with one attached hydrogen (secondary N) is 1. The first-order valence-electron chi connectivity index (χ1n) is 6.15. The fraction of sp³-hybridized carbons (Fsp3) is 0.200. The molecule has 2 rings (SSSR count). The molecule has 0 unspecified atom stereocenters. The summed E-state index contributed by atoms with van der Waals surface area (Å²) >= 11 is 2.16. The third-order valence-corrected chi connectivity index (χ3v) is 3.20. The highest BCUT2D eigenvalue weighted by atomic mass is 127. The van der Waals surface area contributed by atoms with E-state index in [0.717, 1.165) is 14.7 Å². The van der Waals surface area contributed by atoms with Crippen molar-refractivity contribution >= 4 is 34.3 Å². The first-order chi connectivity index (χ1) is 9.52. The number of anilines is 1. The van der Waals surface area contributed by atoms with E-state index >= 15 is 0 Å². The highest BCUT2D eigenvalue weighted by Crippen LogP contribution is 2.16. The Bertz CT molecular complexity index is 592. The number of amides is 1. The number of benzene rings is 1. The van der Waals surface area contributed by atoms with Gasteiger partial charge in [-0.1, -0.05) is 6.07 Å². The van der Waals surface area contributed by atoms with E-state index in [1.54, 1.807) is 12.3 Å². The lowest BCUT2D eigenvalue weighted by molar-refractivity contribution is -0.118. The van der Waals surface area contributed by atoms with Gasteiger partial charge in [-0.2, -0.15) is 0 Å². The lowest BCUT2D eigenvalue weighted by Crippen LogP contribution is -2.20. The summed E-state index contributed by atoms with van der Waals surface area (Å²) in [6.07, 6.45) is 1.70. The van der Waals surface area contributed by atoms with Gasteiger partial charge in [0.2, 0.25) is 0 Å². The molecule has 2 aromatic rings. The maximum atomic E-state index is 11.8. The first kappa shape index (κ1) is 14.8. The van der Waals surface area contributed by atoms with Gasteiger partial charge in [0, 0.05) is 9.77 Å². The van der Waals surface area contributed by atoms with Gasteiger partial charge in [0.1, 0.15) is 11.6 Å². The van der Waals surface area contributed by atoms with E-state index in [1.165, 1.54) is 0 Å². The summed E-state index contributed by atoms with van der Waals surface area (Å²) in [7, 11) is 0. The van der Waals surface area contributed by atoms with E-state index in [4.69, 9.17) is 4.74 Å². The molecule has 104 valence electrons. The molecule has 0 aliphatic rings. The largest absolute Gasteiger partial charge is 0.484 e. The Labute approximate surface area is 131 Å². The highest BCUT2D eigenvalue weighted by Gasteiger charge is 2.05. The molecule has 1 aromatic heterocycles. The van der Waals surface area contributed by atoms with Gasteiger partial charge in [0.15, 0.2) is 6.61 Å². The number of ether oxygens (including phenoxy) is 1. The van der Waals surface area contributed by atoms with Crippen LogP contribution in [0.5, 0.6) is 5.75 Å². The summed E-state index contributed by atoms with van der Waals surface area (Å²) in [6, 6.07) is 9.51. The molecule has 0 aliphatic heterocycles. The molecular formula is C15H15IN2O2. The Balaban J connectivity index is 1.90. The Morgan fingerprint density at radius 1 is 1.25 bits per heavy atom. The van der Waals surface area contributed by atoms with Crippen LogP contribution in [-0.4, -0.2) is 17.5 Å². The number of nitrogens with zero attached hydrogens (tertiary/aromatic N) is 1. The Kier molecular flexibility index (Phi) is 4.94. The number of carbonyl (C=O) groups is 1. The minimum atomic E-state index is -0.224. The van der Waals surface area contributed by atoms with Gasteiger partial charge in [0.05, 0.1) is 0 Å². The van der Waals surface area contributed by atoms with Gasteiger partial charge in [-0.05, 0) is 71.8 Å². The van der Waals surface area contributed by atoms with Crippen molar-refractivity contribution in [1.82, 2.24) is 4.98 Å². The Morgan fingerprint density at radius 3 is 2.55 bits per heavy atom. The van der Waals surface area contributed by atoms with Crippen LogP contribution in [0, 0.1) is 17.4 Å². The number of pyridine rings is 1. The van der Waals surface area contributed by atoms with Gasteiger partial charge in [0.25, 0.3) is 5.91 Å². The molecule has 1 amide bonds. The normalized spacial score (nSPS) is 10.2. The summed E-state index contributed by atoms with van der Waals surface area (Å²) in [4.78, 5) is 15.9. The number of aromatic nitrogens is 1. The van der Waals surface area contributed by atoms with Crippen LogP contribution in [0.3, 0.4) is 0 Å². The van der Waals surface area contributed by atoms with Gasteiger partial charge in [-0.25, -0.2) is 4.98 Å². The second kappa shape index (κ2) is 6.69. The second-order valence-electron chi connectivity index (χ2n) is 4.52. The fourth-order valence-electron chi connectivity index (χ4n) is 1.79. The molecule has 20 heavy (non-hydrogen) atoms. The molecule has 0 bridgehead atoms. The highest BCUT2D eigenvalue weighted by molar-refractivity contribution is 14.1. The summed E-state index contributed by atoms with van der Waals surface area (Å²) in [5, 5.41) is 2.69. The van der Waals surface area contributed by atoms with E-state index in [-0.39, 0.29) is 12.5 Å². The maximum absolute atomic E-state index is 11.8. The van der Waals surface area contributed by atoms with Crippen molar-refractivity contribution in [3.8, 4) is 5.75 Å². The zero-order chi connectivity index (χ0) is 14.5. The average Bonchev–Trinajstić information content (AvgIpc) is 2.38. The lowest BCUT2D eigenvalue weighted by atomic mass is 10.1. The van der Waals surface area contributed by atoms with E-state index in [0.29, 0.717) is 11.6 Å². The van der Waals surface area contributed by atoms with E-state index in [9.17, 15) is 4.79 Å². The summed E-state index contributed by atoms with van der Waals surface area (Å²) in [6.45, 7) is 3.96. The standard InChI is InChI=1S/C15H15IN2O2/c1-10-5-11(2)7-13(6-10)20-9-15(19)18-14-4-3-12(16)8-17-14/h3-8H,9H2,1-2H3,(H,17,18,19). The van der Waals surface area contributed by atoms with E-state index in [1.807, 2.05) is 32.0 Å². The average molecular weight is 382 g/mol. The Morgan fingerprint density at radius 2 is 1.95 bits per heavy atom. The van der Waals surface area contributed by atoms with Crippen molar-refractivity contribution in [3.05, 3.63) is 51.2 Å². The van der Waals surface area contributed by atoms with Crippen LogP contribution >= 0.6 is 22.6 Å². The predicted octanol–water partition coefficient (Wildman–Crippen LogP) is 3.32. The molecular weight excluding hydrogens is 367 g/mol. The number of hydrogen-bond donors (Lipinski definition) is 1. The number of aryl methyl sites for hydroxylation is 2. The van der Waals surface area contributed by atoms with Crippen molar-refractivity contribution in [2.75, 3.05) is 11.9 Å². The van der Waals surface area contributed by atoms with E-state index < -0.39 is 0 Å². The minimum absolute atomic E-state index is 0.0312. The van der Waals surface area contributed by atoms with Gasteiger partial charge >= 0.3 is 0 Å². The van der Waals surface area contributed by atoms with E-state index in [2.05, 4.69) is 39.0 Å². The summed E-state index contributed by atoms with van der Waals surface area (Å²) in [5.74, 6) is 1.01. The van der Waals surface area contributed by atoms with Crippen molar-refractivity contribution < 1.29 is 9.53 Å². The quantitative estimate of drug-likeness (QED) is 0.826. The third kappa shape index (κ3) is 4.48. The van der Waals surface area contributed by atoms with Crippen LogP contribution in [0.4, 0.5) is 5.82 Å². The molecule has 0 radical (unpaired) electrons. The maximum Gasteiger partial charge on any atom is 0.263 e. The topological polar surface area (TPSA) is 51.2 Å². The molecule has 1 N–H and O–H groups in total. The molecule has 1 heterocycles.